The predicted molar refractivity (Wildman–Crippen MR) is 75.2 cm³/mol. The first-order valence-electron chi connectivity index (χ1n) is 6.34. The number of hydrogen-bond acceptors (Lipinski definition) is 2. The molecule has 0 saturated carbocycles. The number of fused-ring (bicyclic) bond motifs is 1. The molecule has 0 unspecified atom stereocenters. The highest BCUT2D eigenvalue weighted by atomic mass is 35.5. The topological polar surface area (TPSA) is 33.2 Å². The molecule has 1 aliphatic heterocycles. The zero-order valence-corrected chi connectivity index (χ0v) is 11.4. The molecule has 3 rings (SSSR count). The van der Waals surface area contributed by atoms with E-state index in [1.165, 1.54) is 12.1 Å². The van der Waals surface area contributed by atoms with Crippen LogP contribution in [0.15, 0.2) is 36.4 Å². The summed E-state index contributed by atoms with van der Waals surface area (Å²) in [5.74, 6) is -0.259. The highest BCUT2D eigenvalue weighted by Gasteiger charge is 2.24. The van der Waals surface area contributed by atoms with Crippen molar-refractivity contribution in [2.24, 2.45) is 0 Å². The zero-order chi connectivity index (χ0) is 14.1. The van der Waals surface area contributed by atoms with Crippen molar-refractivity contribution in [3.8, 4) is 0 Å². The molecule has 0 saturated heterocycles. The van der Waals surface area contributed by atoms with E-state index in [2.05, 4.69) is 4.98 Å². The number of hydrogen-bond donors (Lipinski definition) is 0. The molecule has 0 bridgehead atoms. The summed E-state index contributed by atoms with van der Waals surface area (Å²) < 4.78 is 13.3. The van der Waals surface area contributed by atoms with Crippen LogP contribution in [0.2, 0.25) is 5.15 Å². The Morgan fingerprint density at radius 3 is 2.90 bits per heavy atom. The van der Waals surface area contributed by atoms with Crippen LogP contribution >= 0.6 is 11.6 Å². The maximum atomic E-state index is 13.3. The number of nitrogens with zero attached hydrogens (tertiary/aromatic N) is 2. The van der Waals surface area contributed by atoms with Crippen LogP contribution in [-0.4, -0.2) is 10.9 Å². The fraction of sp³-hybridized carbons (Fsp3) is 0.200. The van der Waals surface area contributed by atoms with E-state index >= 15 is 0 Å². The lowest BCUT2D eigenvalue weighted by Gasteiger charge is -2.29. The van der Waals surface area contributed by atoms with Gasteiger partial charge < -0.3 is 4.90 Å². The minimum Gasteiger partial charge on any atom is -0.306 e. The summed E-state index contributed by atoms with van der Waals surface area (Å²) in [5, 5.41) is 0.395. The Labute approximate surface area is 121 Å². The zero-order valence-electron chi connectivity index (χ0n) is 10.6. The molecular weight excluding hydrogens is 279 g/mol. The third kappa shape index (κ3) is 2.51. The van der Waals surface area contributed by atoms with Crippen LogP contribution in [0.5, 0.6) is 0 Å². The van der Waals surface area contributed by atoms with Crippen molar-refractivity contribution in [3.63, 3.8) is 0 Å². The smallest absolute Gasteiger partial charge is 0.227 e. The second kappa shape index (κ2) is 5.21. The van der Waals surface area contributed by atoms with Crippen molar-refractivity contribution in [1.29, 1.82) is 0 Å². The normalized spacial score (nSPS) is 14.3. The number of rotatable bonds is 2. The van der Waals surface area contributed by atoms with Crippen LogP contribution in [-0.2, 0) is 17.8 Å². The van der Waals surface area contributed by atoms with Gasteiger partial charge in [-0.25, -0.2) is 9.37 Å². The fourth-order valence-electron chi connectivity index (χ4n) is 2.40. The SMILES string of the molecule is O=C1CCc2cc(F)ccc2N1Cc1cccc(Cl)n1. The maximum Gasteiger partial charge on any atom is 0.227 e. The lowest BCUT2D eigenvalue weighted by molar-refractivity contribution is -0.119. The van der Waals surface area contributed by atoms with Crippen LogP contribution in [0.25, 0.3) is 0 Å². The van der Waals surface area contributed by atoms with Gasteiger partial charge in [-0.3, -0.25) is 4.79 Å². The Morgan fingerprint density at radius 1 is 1.25 bits per heavy atom. The van der Waals surface area contributed by atoms with E-state index < -0.39 is 0 Å². The molecule has 0 fully saturated rings. The van der Waals surface area contributed by atoms with E-state index in [9.17, 15) is 9.18 Å². The number of carbonyl (C=O) groups excluding carboxylic acids is 1. The highest BCUT2D eigenvalue weighted by molar-refractivity contribution is 6.29. The van der Waals surface area contributed by atoms with E-state index in [-0.39, 0.29) is 11.7 Å². The molecule has 0 aliphatic carbocycles. The van der Waals surface area contributed by atoms with Gasteiger partial charge in [-0.05, 0) is 42.3 Å². The number of aryl methyl sites for hydroxylation is 1. The second-order valence-electron chi connectivity index (χ2n) is 4.70. The van der Waals surface area contributed by atoms with Crippen LogP contribution in [0.4, 0.5) is 10.1 Å². The molecule has 1 aromatic carbocycles. The van der Waals surface area contributed by atoms with E-state index in [0.29, 0.717) is 30.2 Å². The third-order valence-corrected chi connectivity index (χ3v) is 3.54. The lowest BCUT2D eigenvalue weighted by atomic mass is 10.0. The molecule has 102 valence electrons. The molecule has 3 nitrogen and oxygen atoms in total. The molecule has 0 atom stereocenters. The van der Waals surface area contributed by atoms with Crippen molar-refractivity contribution < 1.29 is 9.18 Å². The molecule has 1 amide bonds. The van der Waals surface area contributed by atoms with Gasteiger partial charge in [0.05, 0.1) is 12.2 Å². The van der Waals surface area contributed by atoms with Crippen molar-refractivity contribution in [1.82, 2.24) is 4.98 Å². The van der Waals surface area contributed by atoms with Crippen molar-refractivity contribution in [2.75, 3.05) is 4.90 Å². The van der Waals surface area contributed by atoms with Crippen molar-refractivity contribution >= 4 is 23.2 Å². The first-order chi connectivity index (χ1) is 9.63. The number of anilines is 1. The number of benzene rings is 1. The molecule has 0 N–H and O–H groups in total. The van der Waals surface area contributed by atoms with Gasteiger partial charge >= 0.3 is 0 Å². The van der Waals surface area contributed by atoms with E-state index in [1.807, 2.05) is 6.07 Å². The molecule has 2 heterocycles. The van der Waals surface area contributed by atoms with E-state index in [1.54, 1.807) is 23.1 Å². The molecule has 20 heavy (non-hydrogen) atoms. The minimum absolute atomic E-state index is 0.0193. The summed E-state index contributed by atoms with van der Waals surface area (Å²) in [4.78, 5) is 17.9. The number of aromatic nitrogens is 1. The number of halogens is 2. The summed E-state index contributed by atoms with van der Waals surface area (Å²) >= 11 is 5.86. The summed E-state index contributed by atoms with van der Waals surface area (Å²) in [6.07, 6.45) is 0.961. The molecule has 1 aliphatic rings. The van der Waals surface area contributed by atoms with Gasteiger partial charge in [0.25, 0.3) is 0 Å². The highest BCUT2D eigenvalue weighted by Crippen LogP contribution is 2.29. The van der Waals surface area contributed by atoms with Crippen molar-refractivity contribution in [2.45, 2.75) is 19.4 Å². The molecule has 1 aromatic heterocycles. The minimum atomic E-state index is -0.279. The Morgan fingerprint density at radius 2 is 2.10 bits per heavy atom. The monoisotopic (exact) mass is 290 g/mol. The van der Waals surface area contributed by atoms with Crippen LogP contribution in [0.1, 0.15) is 17.7 Å². The number of pyridine rings is 1. The quantitative estimate of drug-likeness (QED) is 0.795. The van der Waals surface area contributed by atoms with E-state index in [0.717, 1.165) is 11.3 Å². The number of amides is 1. The van der Waals surface area contributed by atoms with E-state index in [4.69, 9.17) is 11.6 Å². The van der Waals surface area contributed by atoms with Gasteiger partial charge in [0.2, 0.25) is 5.91 Å². The standard InChI is InChI=1S/C15H12ClFN2O/c16-14-3-1-2-12(18-14)9-19-13-6-5-11(17)8-10(13)4-7-15(19)20/h1-3,5-6,8H,4,7,9H2. The number of carbonyl (C=O) groups is 1. The van der Waals surface area contributed by atoms with Gasteiger partial charge in [0.15, 0.2) is 0 Å². The Balaban J connectivity index is 1.95. The Kier molecular flexibility index (Phi) is 3.40. The lowest BCUT2D eigenvalue weighted by Crippen LogP contribution is -2.34. The van der Waals surface area contributed by atoms with Gasteiger partial charge in [0.1, 0.15) is 11.0 Å². The summed E-state index contributed by atoms with van der Waals surface area (Å²) in [7, 11) is 0. The van der Waals surface area contributed by atoms with Crippen LogP contribution in [0, 0.1) is 5.82 Å². The van der Waals surface area contributed by atoms with Crippen LogP contribution < -0.4 is 4.90 Å². The average Bonchev–Trinajstić information content (AvgIpc) is 2.42. The Bertz CT molecular complexity index is 675. The Hall–Kier alpha value is -1.94. The summed E-state index contributed by atoms with van der Waals surface area (Å²) in [6.45, 7) is 0.345. The third-order valence-electron chi connectivity index (χ3n) is 3.33. The molecule has 5 heteroatoms. The molecule has 0 radical (unpaired) electrons. The van der Waals surface area contributed by atoms with Gasteiger partial charge in [-0.15, -0.1) is 0 Å². The van der Waals surface area contributed by atoms with Gasteiger partial charge in [-0.2, -0.15) is 0 Å². The van der Waals surface area contributed by atoms with Gasteiger partial charge in [0, 0.05) is 12.1 Å². The molecule has 0 spiro atoms. The predicted octanol–water partition coefficient (Wildman–Crippen LogP) is 3.35. The summed E-state index contributed by atoms with van der Waals surface area (Å²) in [5.41, 5.74) is 2.32. The molecular formula is C15H12ClFN2O. The second-order valence-corrected chi connectivity index (χ2v) is 5.09. The van der Waals surface area contributed by atoms with Crippen molar-refractivity contribution in [3.05, 3.63) is 58.6 Å². The first-order valence-corrected chi connectivity index (χ1v) is 6.71. The summed E-state index contributed by atoms with van der Waals surface area (Å²) in [6, 6.07) is 9.80. The van der Waals surface area contributed by atoms with Crippen LogP contribution in [0.3, 0.4) is 0 Å². The molecule has 2 aromatic rings. The largest absolute Gasteiger partial charge is 0.306 e. The maximum absolute atomic E-state index is 13.3. The van der Waals surface area contributed by atoms with Gasteiger partial charge in [-0.1, -0.05) is 17.7 Å². The average molecular weight is 291 g/mol. The fourth-order valence-corrected chi connectivity index (χ4v) is 2.58. The first kappa shape index (κ1) is 13.1.